The van der Waals surface area contributed by atoms with Gasteiger partial charge < -0.3 is 10.4 Å². The molecule has 1 aliphatic carbocycles. The van der Waals surface area contributed by atoms with Gasteiger partial charge in [0.05, 0.1) is 12.3 Å². The molecule has 0 aromatic carbocycles. The highest BCUT2D eigenvalue weighted by Crippen LogP contribution is 2.18. The largest absolute Gasteiger partial charge is 0.393 e. The third kappa shape index (κ3) is 2.30. The van der Waals surface area contributed by atoms with Crippen molar-refractivity contribution in [1.82, 2.24) is 10.6 Å². The molecule has 0 radical (unpaired) electrons. The van der Waals surface area contributed by atoms with E-state index in [9.17, 15) is 9.90 Å². The summed E-state index contributed by atoms with van der Waals surface area (Å²) >= 11 is 0. The van der Waals surface area contributed by atoms with Crippen molar-refractivity contribution in [3.63, 3.8) is 0 Å². The predicted octanol–water partition coefficient (Wildman–Crippen LogP) is -0.636. The Morgan fingerprint density at radius 3 is 2.71 bits per heavy atom. The molecule has 1 fully saturated rings. The molecular weight excluding hydrogens is 182 g/mol. The SMILES string of the molecule is O=C1C=NC(NC2CCC(O)CC2)N1. The van der Waals surface area contributed by atoms with E-state index in [-0.39, 0.29) is 18.3 Å². The number of nitrogens with one attached hydrogen (secondary N) is 2. The molecule has 2 rings (SSSR count). The molecule has 0 aromatic rings. The lowest BCUT2D eigenvalue weighted by atomic mass is 9.93. The second-order valence-electron chi connectivity index (χ2n) is 3.86. The molecule has 2 aliphatic rings. The van der Waals surface area contributed by atoms with E-state index in [4.69, 9.17) is 0 Å². The topological polar surface area (TPSA) is 73.7 Å². The van der Waals surface area contributed by atoms with Crippen molar-refractivity contribution in [3.05, 3.63) is 0 Å². The number of aliphatic imine (C=N–C) groups is 1. The number of hydrogen-bond acceptors (Lipinski definition) is 4. The van der Waals surface area contributed by atoms with Crippen molar-refractivity contribution in [2.45, 2.75) is 44.1 Å². The molecule has 1 amide bonds. The molecule has 1 saturated carbocycles. The minimum atomic E-state index is -0.261. The average molecular weight is 197 g/mol. The summed E-state index contributed by atoms with van der Waals surface area (Å²) in [6.45, 7) is 0. The molecule has 3 N–H and O–H groups in total. The standard InChI is InChI=1S/C9H15N3O2/c13-7-3-1-6(2-4-7)11-9-10-5-8(14)12-9/h5-7,9,11,13H,1-4H2,(H,12,14). The zero-order valence-electron chi connectivity index (χ0n) is 7.94. The molecule has 78 valence electrons. The summed E-state index contributed by atoms with van der Waals surface area (Å²) in [6.07, 6.45) is 4.46. The Labute approximate surface area is 82.6 Å². The quantitative estimate of drug-likeness (QED) is 0.551. The monoisotopic (exact) mass is 197 g/mol. The van der Waals surface area contributed by atoms with E-state index in [0.29, 0.717) is 6.04 Å². The number of nitrogens with zero attached hydrogens (tertiary/aromatic N) is 1. The van der Waals surface area contributed by atoms with E-state index in [2.05, 4.69) is 15.6 Å². The second-order valence-corrected chi connectivity index (χ2v) is 3.86. The molecule has 1 unspecified atom stereocenters. The lowest BCUT2D eigenvalue weighted by Gasteiger charge is -2.27. The molecule has 1 atom stereocenters. The normalized spacial score (nSPS) is 37.2. The van der Waals surface area contributed by atoms with Gasteiger partial charge in [-0.1, -0.05) is 0 Å². The number of aliphatic hydroxyl groups excluding tert-OH is 1. The lowest BCUT2D eigenvalue weighted by molar-refractivity contribution is -0.114. The first-order valence-electron chi connectivity index (χ1n) is 5.02. The van der Waals surface area contributed by atoms with Gasteiger partial charge in [0.25, 0.3) is 5.91 Å². The minimum absolute atomic E-state index is 0.140. The first-order valence-corrected chi connectivity index (χ1v) is 5.02. The Morgan fingerprint density at radius 2 is 2.14 bits per heavy atom. The van der Waals surface area contributed by atoms with Crippen molar-refractivity contribution in [2.24, 2.45) is 4.99 Å². The second kappa shape index (κ2) is 4.06. The van der Waals surface area contributed by atoms with Crippen LogP contribution in [-0.4, -0.2) is 35.7 Å². The first kappa shape index (κ1) is 9.61. The molecule has 0 saturated heterocycles. The highest BCUT2D eigenvalue weighted by molar-refractivity contribution is 6.27. The fraction of sp³-hybridized carbons (Fsp3) is 0.778. The maximum atomic E-state index is 10.8. The Kier molecular flexibility index (Phi) is 2.79. The number of carbonyl (C=O) groups is 1. The summed E-state index contributed by atoms with van der Waals surface area (Å²) in [5.41, 5.74) is 0. The Bertz CT molecular complexity index is 246. The molecule has 14 heavy (non-hydrogen) atoms. The van der Waals surface area contributed by atoms with Gasteiger partial charge >= 0.3 is 0 Å². The number of rotatable bonds is 2. The van der Waals surface area contributed by atoms with Crippen molar-refractivity contribution in [3.8, 4) is 0 Å². The summed E-state index contributed by atoms with van der Waals surface area (Å²) in [7, 11) is 0. The van der Waals surface area contributed by atoms with E-state index >= 15 is 0 Å². The first-order chi connectivity index (χ1) is 6.74. The van der Waals surface area contributed by atoms with Crippen LogP contribution in [0.4, 0.5) is 0 Å². The molecule has 5 nitrogen and oxygen atoms in total. The smallest absolute Gasteiger partial charge is 0.264 e. The highest BCUT2D eigenvalue weighted by atomic mass is 16.3. The summed E-state index contributed by atoms with van der Waals surface area (Å²) in [5.74, 6) is -0.140. The van der Waals surface area contributed by atoms with Crippen LogP contribution in [-0.2, 0) is 4.79 Å². The van der Waals surface area contributed by atoms with Crippen LogP contribution in [0.3, 0.4) is 0 Å². The van der Waals surface area contributed by atoms with Gasteiger partial charge in [0.2, 0.25) is 0 Å². The number of hydrogen-bond donors (Lipinski definition) is 3. The third-order valence-electron chi connectivity index (χ3n) is 2.71. The zero-order chi connectivity index (χ0) is 9.97. The van der Waals surface area contributed by atoms with Crippen molar-refractivity contribution in [2.75, 3.05) is 0 Å². The molecule has 5 heteroatoms. The van der Waals surface area contributed by atoms with Gasteiger partial charge in [-0.25, -0.2) is 4.99 Å². The van der Waals surface area contributed by atoms with E-state index in [0.717, 1.165) is 25.7 Å². The van der Waals surface area contributed by atoms with Gasteiger partial charge in [0.1, 0.15) is 0 Å². The van der Waals surface area contributed by atoms with Crippen molar-refractivity contribution < 1.29 is 9.90 Å². The van der Waals surface area contributed by atoms with Crippen LogP contribution in [0.1, 0.15) is 25.7 Å². The van der Waals surface area contributed by atoms with Gasteiger partial charge in [0.15, 0.2) is 6.29 Å². The minimum Gasteiger partial charge on any atom is -0.393 e. The summed E-state index contributed by atoms with van der Waals surface area (Å²) < 4.78 is 0. The number of carbonyl (C=O) groups excluding carboxylic acids is 1. The third-order valence-corrected chi connectivity index (χ3v) is 2.71. The van der Waals surface area contributed by atoms with Gasteiger partial charge in [-0.2, -0.15) is 0 Å². The summed E-state index contributed by atoms with van der Waals surface area (Å²) in [4.78, 5) is 14.8. The van der Waals surface area contributed by atoms with Crippen LogP contribution >= 0.6 is 0 Å². The van der Waals surface area contributed by atoms with Crippen LogP contribution in [0.25, 0.3) is 0 Å². The van der Waals surface area contributed by atoms with Crippen LogP contribution in [0, 0.1) is 0 Å². The van der Waals surface area contributed by atoms with Crippen molar-refractivity contribution in [1.29, 1.82) is 0 Å². The van der Waals surface area contributed by atoms with Crippen molar-refractivity contribution >= 4 is 12.1 Å². The fourth-order valence-electron chi connectivity index (χ4n) is 1.90. The predicted molar refractivity (Wildman–Crippen MR) is 51.8 cm³/mol. The van der Waals surface area contributed by atoms with Gasteiger partial charge in [-0.3, -0.25) is 10.1 Å². The number of amides is 1. The lowest BCUT2D eigenvalue weighted by Crippen LogP contribution is -2.46. The number of aliphatic hydroxyl groups is 1. The molecule has 0 spiro atoms. The van der Waals surface area contributed by atoms with E-state index in [1.165, 1.54) is 6.21 Å². The van der Waals surface area contributed by atoms with Crippen LogP contribution in [0.5, 0.6) is 0 Å². The van der Waals surface area contributed by atoms with Crippen LogP contribution in [0.15, 0.2) is 4.99 Å². The fourth-order valence-corrected chi connectivity index (χ4v) is 1.90. The zero-order valence-corrected chi connectivity index (χ0v) is 7.94. The van der Waals surface area contributed by atoms with Crippen LogP contribution in [0.2, 0.25) is 0 Å². The Hall–Kier alpha value is -0.940. The molecule has 1 heterocycles. The summed E-state index contributed by atoms with van der Waals surface area (Å²) in [5, 5.41) is 15.2. The molecular formula is C9H15N3O2. The molecule has 1 aliphatic heterocycles. The average Bonchev–Trinajstić information content (AvgIpc) is 2.56. The van der Waals surface area contributed by atoms with E-state index in [1.807, 2.05) is 0 Å². The van der Waals surface area contributed by atoms with E-state index < -0.39 is 0 Å². The molecule has 0 aromatic heterocycles. The van der Waals surface area contributed by atoms with Gasteiger partial charge in [-0.15, -0.1) is 0 Å². The Balaban J connectivity index is 1.76. The molecule has 0 bridgehead atoms. The highest BCUT2D eigenvalue weighted by Gasteiger charge is 2.23. The maximum Gasteiger partial charge on any atom is 0.264 e. The van der Waals surface area contributed by atoms with Crippen LogP contribution < -0.4 is 10.6 Å². The summed E-state index contributed by atoms with van der Waals surface area (Å²) in [6, 6.07) is 0.360. The maximum absolute atomic E-state index is 10.8. The van der Waals surface area contributed by atoms with Gasteiger partial charge in [-0.05, 0) is 25.7 Å². The Morgan fingerprint density at radius 1 is 1.43 bits per heavy atom. The van der Waals surface area contributed by atoms with E-state index in [1.54, 1.807) is 0 Å². The van der Waals surface area contributed by atoms with Gasteiger partial charge in [0, 0.05) is 6.04 Å².